The molecule has 2 rings (SSSR count). The number of alkyl halides is 2. The molecule has 2 N–H and O–H groups in total. The van der Waals surface area contributed by atoms with Gasteiger partial charge in [0.2, 0.25) is 0 Å². The summed E-state index contributed by atoms with van der Waals surface area (Å²) < 4.78 is 34.3. The molecular formula is C17H18F2N2O4. The van der Waals surface area contributed by atoms with Crippen LogP contribution in [0.25, 0.3) is 0 Å². The first kappa shape index (κ1) is 18.4. The Kier molecular flexibility index (Phi) is 5.41. The Labute approximate surface area is 143 Å². The van der Waals surface area contributed by atoms with E-state index >= 15 is 0 Å². The van der Waals surface area contributed by atoms with Crippen LogP contribution in [0.4, 0.5) is 14.5 Å². The van der Waals surface area contributed by atoms with Crippen molar-refractivity contribution < 1.29 is 27.8 Å². The third kappa shape index (κ3) is 3.96. The molecule has 0 spiro atoms. The molecule has 8 heteroatoms. The second-order valence-electron chi connectivity index (χ2n) is 5.38. The van der Waals surface area contributed by atoms with E-state index in [0.29, 0.717) is 16.8 Å². The second-order valence-corrected chi connectivity index (χ2v) is 5.38. The molecular weight excluding hydrogens is 334 g/mol. The minimum absolute atomic E-state index is 0.115. The number of Topliss-reactive ketones (excluding diaryl/α,β-unsaturated/α-hetero) is 1. The van der Waals surface area contributed by atoms with Gasteiger partial charge in [-0.3, -0.25) is 9.59 Å². The number of aromatic amines is 1. The topological polar surface area (TPSA) is 80.4 Å². The van der Waals surface area contributed by atoms with Crippen LogP contribution in [0, 0.1) is 13.8 Å². The minimum atomic E-state index is -3.02. The standard InChI is InChI=1S/C17H18F2N2O4/c1-8-14(10(3)22)9(2)20-15(8)16(23)21-11-5-6-12(24-4)13(7-11)25-17(18)19/h5-7,17,20H,1-4H3,(H,21,23). The Morgan fingerprint density at radius 3 is 2.40 bits per heavy atom. The average molecular weight is 352 g/mol. The van der Waals surface area contributed by atoms with Crippen LogP contribution >= 0.6 is 0 Å². The van der Waals surface area contributed by atoms with Crippen molar-refractivity contribution in [2.24, 2.45) is 0 Å². The summed E-state index contributed by atoms with van der Waals surface area (Å²) in [5.41, 5.74) is 2.06. The summed E-state index contributed by atoms with van der Waals surface area (Å²) in [5.74, 6) is -0.730. The molecule has 0 atom stereocenters. The quantitative estimate of drug-likeness (QED) is 0.777. The molecule has 0 saturated heterocycles. The first-order valence-electron chi connectivity index (χ1n) is 7.38. The highest BCUT2D eigenvalue weighted by Crippen LogP contribution is 2.31. The lowest BCUT2D eigenvalue weighted by Crippen LogP contribution is -2.14. The van der Waals surface area contributed by atoms with E-state index in [1.807, 2.05) is 0 Å². The lowest BCUT2D eigenvalue weighted by Gasteiger charge is -2.12. The Morgan fingerprint density at radius 1 is 1.20 bits per heavy atom. The molecule has 0 unspecified atom stereocenters. The Bertz CT molecular complexity index is 815. The number of halogens is 2. The van der Waals surface area contributed by atoms with Crippen LogP contribution in [0.1, 0.15) is 39.0 Å². The van der Waals surface area contributed by atoms with Gasteiger partial charge in [-0.15, -0.1) is 0 Å². The second kappa shape index (κ2) is 7.33. The van der Waals surface area contributed by atoms with E-state index < -0.39 is 12.5 Å². The Hall–Kier alpha value is -2.90. The third-order valence-electron chi connectivity index (χ3n) is 3.65. The number of carbonyl (C=O) groups excluding carboxylic acids is 2. The van der Waals surface area contributed by atoms with Crippen molar-refractivity contribution in [1.82, 2.24) is 4.98 Å². The molecule has 6 nitrogen and oxygen atoms in total. The largest absolute Gasteiger partial charge is 0.493 e. The SMILES string of the molecule is COc1ccc(NC(=O)c2[nH]c(C)c(C(C)=O)c2C)cc1OC(F)F. The highest BCUT2D eigenvalue weighted by Gasteiger charge is 2.20. The van der Waals surface area contributed by atoms with Gasteiger partial charge in [0.05, 0.1) is 7.11 Å². The van der Waals surface area contributed by atoms with Gasteiger partial charge in [-0.1, -0.05) is 0 Å². The molecule has 1 heterocycles. The van der Waals surface area contributed by atoms with E-state index in [0.717, 1.165) is 0 Å². The van der Waals surface area contributed by atoms with Gasteiger partial charge in [0.15, 0.2) is 17.3 Å². The van der Waals surface area contributed by atoms with E-state index in [1.54, 1.807) is 13.8 Å². The highest BCUT2D eigenvalue weighted by atomic mass is 19.3. The summed E-state index contributed by atoms with van der Waals surface area (Å²) in [6, 6.07) is 4.13. The molecule has 2 aromatic rings. The molecule has 0 saturated carbocycles. The van der Waals surface area contributed by atoms with Crippen LogP contribution in [0.3, 0.4) is 0 Å². The van der Waals surface area contributed by atoms with Crippen molar-refractivity contribution in [3.8, 4) is 11.5 Å². The number of aryl methyl sites for hydroxylation is 1. The smallest absolute Gasteiger partial charge is 0.387 e. The number of benzene rings is 1. The number of nitrogens with one attached hydrogen (secondary N) is 2. The van der Waals surface area contributed by atoms with E-state index in [2.05, 4.69) is 15.0 Å². The van der Waals surface area contributed by atoms with Crippen LogP contribution in [-0.2, 0) is 0 Å². The average Bonchev–Trinajstić information content (AvgIpc) is 2.82. The van der Waals surface area contributed by atoms with Gasteiger partial charge in [-0.2, -0.15) is 8.78 Å². The van der Waals surface area contributed by atoms with Crippen molar-refractivity contribution >= 4 is 17.4 Å². The summed E-state index contributed by atoms with van der Waals surface area (Å²) in [6.07, 6.45) is 0. The highest BCUT2D eigenvalue weighted by molar-refractivity contribution is 6.07. The van der Waals surface area contributed by atoms with Crippen molar-refractivity contribution in [3.05, 3.63) is 40.7 Å². The van der Waals surface area contributed by atoms with Gasteiger partial charge in [0, 0.05) is 23.0 Å². The van der Waals surface area contributed by atoms with E-state index in [4.69, 9.17) is 4.74 Å². The number of aromatic nitrogens is 1. The maximum atomic E-state index is 12.5. The molecule has 0 aliphatic heterocycles. The zero-order valence-electron chi connectivity index (χ0n) is 14.2. The number of H-pyrrole nitrogens is 1. The zero-order valence-corrected chi connectivity index (χ0v) is 14.2. The maximum absolute atomic E-state index is 12.5. The zero-order chi connectivity index (χ0) is 18.7. The van der Waals surface area contributed by atoms with E-state index in [9.17, 15) is 18.4 Å². The molecule has 25 heavy (non-hydrogen) atoms. The minimum Gasteiger partial charge on any atom is -0.493 e. The molecule has 0 aliphatic rings. The maximum Gasteiger partial charge on any atom is 0.387 e. The van der Waals surface area contributed by atoms with Crippen molar-refractivity contribution in [2.75, 3.05) is 12.4 Å². The number of anilines is 1. The molecule has 0 radical (unpaired) electrons. The molecule has 1 aromatic heterocycles. The summed E-state index contributed by atoms with van der Waals surface area (Å²) in [5, 5.41) is 2.58. The molecule has 134 valence electrons. The summed E-state index contributed by atoms with van der Waals surface area (Å²) in [6.45, 7) is 1.76. The Morgan fingerprint density at radius 2 is 1.88 bits per heavy atom. The van der Waals surface area contributed by atoms with Gasteiger partial charge in [0.1, 0.15) is 5.69 Å². The van der Waals surface area contributed by atoms with Crippen molar-refractivity contribution in [1.29, 1.82) is 0 Å². The van der Waals surface area contributed by atoms with E-state index in [-0.39, 0.29) is 28.7 Å². The van der Waals surface area contributed by atoms with Gasteiger partial charge in [-0.25, -0.2) is 0 Å². The van der Waals surface area contributed by atoms with Gasteiger partial charge >= 0.3 is 6.61 Å². The number of ketones is 1. The fourth-order valence-electron chi connectivity index (χ4n) is 2.64. The molecule has 1 aromatic carbocycles. The van der Waals surface area contributed by atoms with Crippen LogP contribution in [0.15, 0.2) is 18.2 Å². The van der Waals surface area contributed by atoms with E-state index in [1.165, 1.54) is 32.2 Å². The third-order valence-corrected chi connectivity index (χ3v) is 3.65. The van der Waals surface area contributed by atoms with Gasteiger partial charge in [0.25, 0.3) is 5.91 Å². The lowest BCUT2D eigenvalue weighted by molar-refractivity contribution is -0.0511. The first-order chi connectivity index (χ1) is 11.7. The molecule has 0 bridgehead atoms. The lowest BCUT2D eigenvalue weighted by atomic mass is 10.1. The number of rotatable bonds is 6. The monoisotopic (exact) mass is 352 g/mol. The van der Waals surface area contributed by atoms with Crippen LogP contribution in [0.2, 0.25) is 0 Å². The predicted molar refractivity (Wildman–Crippen MR) is 87.9 cm³/mol. The number of carbonyl (C=O) groups is 2. The molecule has 1 amide bonds. The fraction of sp³-hybridized carbons (Fsp3) is 0.294. The van der Waals surface area contributed by atoms with Crippen LogP contribution in [0.5, 0.6) is 11.5 Å². The predicted octanol–water partition coefficient (Wildman–Crippen LogP) is 3.70. The summed E-state index contributed by atoms with van der Waals surface area (Å²) >= 11 is 0. The fourth-order valence-corrected chi connectivity index (χ4v) is 2.64. The van der Waals surface area contributed by atoms with Gasteiger partial charge in [-0.05, 0) is 38.5 Å². The summed E-state index contributed by atoms with van der Waals surface area (Å²) in [4.78, 5) is 27.0. The molecule has 0 aliphatic carbocycles. The number of hydrogen-bond donors (Lipinski definition) is 2. The Balaban J connectivity index is 2.29. The number of amides is 1. The van der Waals surface area contributed by atoms with Crippen LogP contribution in [-0.4, -0.2) is 30.4 Å². The first-order valence-corrected chi connectivity index (χ1v) is 7.38. The van der Waals surface area contributed by atoms with Gasteiger partial charge < -0.3 is 19.8 Å². The number of hydrogen-bond acceptors (Lipinski definition) is 4. The van der Waals surface area contributed by atoms with Crippen molar-refractivity contribution in [3.63, 3.8) is 0 Å². The normalized spacial score (nSPS) is 10.7. The van der Waals surface area contributed by atoms with Crippen molar-refractivity contribution in [2.45, 2.75) is 27.4 Å². The summed E-state index contributed by atoms with van der Waals surface area (Å²) in [7, 11) is 1.32. The number of ether oxygens (including phenoxy) is 2. The van der Waals surface area contributed by atoms with Crippen LogP contribution < -0.4 is 14.8 Å². The molecule has 0 fully saturated rings. The number of methoxy groups -OCH3 is 1.